The predicted octanol–water partition coefficient (Wildman–Crippen LogP) is 1.18. The molecule has 13 heteroatoms. The molecular formula is C18H27N2O10P. The molecule has 174 valence electrons. The lowest BCUT2D eigenvalue weighted by Crippen LogP contribution is -2.33. The van der Waals surface area contributed by atoms with Crippen molar-refractivity contribution in [1.29, 1.82) is 0 Å². The minimum absolute atomic E-state index is 0.0164. The second-order valence-electron chi connectivity index (χ2n) is 6.99. The minimum atomic E-state index is -3.37. The number of rotatable bonds is 11. The van der Waals surface area contributed by atoms with Crippen LogP contribution in [0.3, 0.4) is 0 Å². The minimum Gasteiger partial charge on any atom is -0.481 e. The van der Waals surface area contributed by atoms with Crippen molar-refractivity contribution in [2.45, 2.75) is 58.0 Å². The van der Waals surface area contributed by atoms with Crippen LogP contribution in [0, 0.1) is 6.92 Å². The highest BCUT2D eigenvalue weighted by Crippen LogP contribution is 2.49. The van der Waals surface area contributed by atoms with E-state index in [4.69, 9.17) is 23.6 Å². The fourth-order valence-electron chi connectivity index (χ4n) is 3.18. The van der Waals surface area contributed by atoms with Crippen LogP contribution in [0.15, 0.2) is 15.8 Å². The number of aryl methyl sites for hydroxylation is 1. The highest BCUT2D eigenvalue weighted by atomic mass is 31.2. The summed E-state index contributed by atoms with van der Waals surface area (Å²) in [6, 6.07) is 0. The van der Waals surface area contributed by atoms with E-state index in [1.165, 1.54) is 24.8 Å². The summed E-state index contributed by atoms with van der Waals surface area (Å²) in [5.41, 5.74) is -0.916. The van der Waals surface area contributed by atoms with Gasteiger partial charge in [-0.1, -0.05) is 0 Å². The average molecular weight is 462 g/mol. The van der Waals surface area contributed by atoms with E-state index >= 15 is 0 Å². The molecular weight excluding hydrogens is 435 g/mol. The molecule has 0 aliphatic carbocycles. The van der Waals surface area contributed by atoms with Crippen LogP contribution in [-0.2, 0) is 32.7 Å². The highest BCUT2D eigenvalue weighted by molar-refractivity contribution is 7.53. The van der Waals surface area contributed by atoms with Crippen molar-refractivity contribution in [1.82, 2.24) is 9.55 Å². The van der Waals surface area contributed by atoms with Gasteiger partial charge in [-0.25, -0.2) is 4.79 Å². The SMILES string of the molecule is CCOP(=O)(CCC1O[C@@H](n2cc(C)c(=O)[nH]c2=O)C[C@@H]1OC(=O)CCC(=O)O)OC. The lowest BCUT2D eigenvalue weighted by atomic mass is 10.1. The largest absolute Gasteiger partial charge is 0.481 e. The van der Waals surface area contributed by atoms with Crippen molar-refractivity contribution in [3.05, 3.63) is 32.6 Å². The number of carbonyl (C=O) groups is 2. The van der Waals surface area contributed by atoms with Crippen molar-refractivity contribution in [3.63, 3.8) is 0 Å². The van der Waals surface area contributed by atoms with Gasteiger partial charge in [-0.15, -0.1) is 0 Å². The smallest absolute Gasteiger partial charge is 0.330 e. The molecule has 2 rings (SSSR count). The van der Waals surface area contributed by atoms with Gasteiger partial charge in [-0.05, 0) is 20.3 Å². The number of carboxylic acids is 1. The Morgan fingerprint density at radius 2 is 2.06 bits per heavy atom. The third kappa shape index (κ3) is 6.86. The van der Waals surface area contributed by atoms with Gasteiger partial charge < -0.3 is 23.6 Å². The van der Waals surface area contributed by atoms with Crippen molar-refractivity contribution in [2.24, 2.45) is 0 Å². The molecule has 0 saturated carbocycles. The lowest BCUT2D eigenvalue weighted by Gasteiger charge is -2.21. The quantitative estimate of drug-likeness (QED) is 0.360. The first-order valence-corrected chi connectivity index (χ1v) is 11.5. The number of aromatic nitrogens is 2. The number of hydrogen-bond donors (Lipinski definition) is 2. The zero-order valence-corrected chi connectivity index (χ0v) is 18.5. The van der Waals surface area contributed by atoms with Gasteiger partial charge in [-0.2, -0.15) is 0 Å². The van der Waals surface area contributed by atoms with Crippen molar-refractivity contribution in [3.8, 4) is 0 Å². The van der Waals surface area contributed by atoms with Gasteiger partial charge in [0.25, 0.3) is 5.56 Å². The number of aliphatic carboxylic acids is 1. The summed E-state index contributed by atoms with van der Waals surface area (Å²) in [6.07, 6.45) is -1.58. The Bertz CT molecular complexity index is 955. The average Bonchev–Trinajstić information content (AvgIpc) is 3.10. The summed E-state index contributed by atoms with van der Waals surface area (Å²) in [4.78, 5) is 48.8. The summed E-state index contributed by atoms with van der Waals surface area (Å²) >= 11 is 0. The Balaban J connectivity index is 2.20. The molecule has 31 heavy (non-hydrogen) atoms. The summed E-state index contributed by atoms with van der Waals surface area (Å²) < 4.78 is 35.2. The third-order valence-electron chi connectivity index (χ3n) is 4.75. The Kier molecular flexibility index (Phi) is 8.75. The molecule has 4 atom stereocenters. The summed E-state index contributed by atoms with van der Waals surface area (Å²) in [6.45, 7) is 3.38. The van der Waals surface area contributed by atoms with Crippen LogP contribution in [0.1, 0.15) is 44.4 Å². The van der Waals surface area contributed by atoms with E-state index < -0.39 is 49.2 Å². The zero-order valence-electron chi connectivity index (χ0n) is 17.6. The first-order valence-electron chi connectivity index (χ1n) is 9.76. The summed E-state index contributed by atoms with van der Waals surface area (Å²) in [7, 11) is -2.10. The molecule has 1 aliphatic heterocycles. The van der Waals surface area contributed by atoms with E-state index in [2.05, 4.69) is 4.98 Å². The van der Waals surface area contributed by atoms with Crippen LogP contribution in [0.25, 0.3) is 0 Å². The van der Waals surface area contributed by atoms with Crippen LogP contribution >= 0.6 is 7.60 Å². The Morgan fingerprint density at radius 3 is 2.68 bits per heavy atom. The molecule has 0 aromatic carbocycles. The molecule has 1 aromatic heterocycles. The van der Waals surface area contributed by atoms with Gasteiger partial charge in [0.05, 0.1) is 31.7 Å². The molecule has 2 unspecified atom stereocenters. The number of nitrogens with zero attached hydrogens (tertiary/aromatic N) is 1. The Morgan fingerprint density at radius 1 is 1.35 bits per heavy atom. The molecule has 12 nitrogen and oxygen atoms in total. The van der Waals surface area contributed by atoms with E-state index in [0.29, 0.717) is 5.56 Å². The van der Waals surface area contributed by atoms with Crippen LogP contribution in [0.5, 0.6) is 0 Å². The van der Waals surface area contributed by atoms with Crippen LogP contribution in [0.2, 0.25) is 0 Å². The van der Waals surface area contributed by atoms with Gasteiger partial charge in [0.2, 0.25) is 0 Å². The molecule has 0 spiro atoms. The van der Waals surface area contributed by atoms with Gasteiger partial charge >= 0.3 is 25.2 Å². The molecule has 0 radical (unpaired) electrons. The Labute approximate surface area is 178 Å². The molecule has 1 saturated heterocycles. The maximum atomic E-state index is 12.6. The number of nitrogens with one attached hydrogen (secondary N) is 1. The van der Waals surface area contributed by atoms with Crippen molar-refractivity contribution >= 4 is 19.5 Å². The normalized spacial score (nSPS) is 22.7. The van der Waals surface area contributed by atoms with Crippen LogP contribution in [-0.4, -0.2) is 58.7 Å². The zero-order chi connectivity index (χ0) is 23.2. The highest BCUT2D eigenvalue weighted by Gasteiger charge is 2.40. The number of H-pyrrole nitrogens is 1. The second kappa shape index (κ2) is 10.9. The number of aromatic amines is 1. The molecule has 2 N–H and O–H groups in total. The van der Waals surface area contributed by atoms with Gasteiger partial charge in [0.15, 0.2) is 0 Å². The topological polar surface area (TPSA) is 163 Å². The van der Waals surface area contributed by atoms with Gasteiger partial charge in [0, 0.05) is 25.3 Å². The van der Waals surface area contributed by atoms with E-state index in [0.717, 1.165) is 0 Å². The maximum Gasteiger partial charge on any atom is 0.330 e. The van der Waals surface area contributed by atoms with E-state index in [1.54, 1.807) is 6.92 Å². The molecule has 0 amide bonds. The molecule has 2 heterocycles. The molecule has 1 aliphatic rings. The number of esters is 1. The van der Waals surface area contributed by atoms with Crippen LogP contribution < -0.4 is 11.2 Å². The standard InChI is InChI=1S/C18H27N2O10P/c1-4-28-31(26,27-3)8-7-12-13(30-16(23)6-5-15(21)22)9-14(29-12)20-10-11(2)17(24)19-18(20)25/h10,12-14H,4-9H2,1-3H3,(H,21,22)(H,19,24,25)/t12?,13-,14+,31?/m0/s1. The molecule has 1 fully saturated rings. The number of ether oxygens (including phenoxy) is 2. The fraction of sp³-hybridized carbons (Fsp3) is 0.667. The lowest BCUT2D eigenvalue weighted by molar-refractivity contribution is -0.154. The van der Waals surface area contributed by atoms with E-state index in [1.807, 2.05) is 0 Å². The Hall–Kier alpha value is -2.27. The predicted molar refractivity (Wildman–Crippen MR) is 107 cm³/mol. The van der Waals surface area contributed by atoms with E-state index in [9.17, 15) is 23.7 Å². The number of carbonyl (C=O) groups excluding carboxylic acids is 1. The molecule has 1 aromatic rings. The van der Waals surface area contributed by atoms with Gasteiger partial charge in [0.1, 0.15) is 12.3 Å². The summed E-state index contributed by atoms with van der Waals surface area (Å²) in [5.74, 6) is -1.87. The maximum absolute atomic E-state index is 12.6. The summed E-state index contributed by atoms with van der Waals surface area (Å²) in [5, 5.41) is 8.74. The first-order chi connectivity index (χ1) is 14.6. The number of hydrogen-bond acceptors (Lipinski definition) is 9. The second-order valence-corrected chi connectivity index (χ2v) is 9.28. The monoisotopic (exact) mass is 462 g/mol. The van der Waals surface area contributed by atoms with E-state index in [-0.39, 0.29) is 38.5 Å². The molecule has 0 bridgehead atoms. The first kappa shape index (κ1) is 25.0. The number of carboxylic acid groups (broad SMARTS) is 1. The fourth-order valence-corrected chi connectivity index (χ4v) is 4.56. The van der Waals surface area contributed by atoms with Crippen LogP contribution in [0.4, 0.5) is 0 Å². The third-order valence-corrected chi connectivity index (χ3v) is 6.77. The van der Waals surface area contributed by atoms with Crippen molar-refractivity contribution in [2.75, 3.05) is 19.9 Å². The van der Waals surface area contributed by atoms with Gasteiger partial charge in [-0.3, -0.25) is 28.5 Å². The van der Waals surface area contributed by atoms with Crippen molar-refractivity contribution < 1.29 is 37.8 Å².